The zero-order chi connectivity index (χ0) is 12.1. The Labute approximate surface area is 102 Å². The Balaban J connectivity index is 1.81. The van der Waals surface area contributed by atoms with Crippen LogP contribution in [0.5, 0.6) is 0 Å². The van der Waals surface area contributed by atoms with Crippen molar-refractivity contribution in [3.8, 4) is 0 Å². The molecule has 0 spiro atoms. The molecule has 2 rings (SSSR count). The molecule has 0 bridgehead atoms. The van der Waals surface area contributed by atoms with Crippen LogP contribution in [-0.2, 0) is 6.42 Å². The van der Waals surface area contributed by atoms with E-state index in [4.69, 9.17) is 5.73 Å². The lowest BCUT2D eigenvalue weighted by Crippen LogP contribution is -2.25. The van der Waals surface area contributed by atoms with Gasteiger partial charge in [-0.2, -0.15) is 0 Å². The van der Waals surface area contributed by atoms with Crippen molar-refractivity contribution in [2.45, 2.75) is 6.42 Å². The van der Waals surface area contributed by atoms with E-state index >= 15 is 0 Å². The first-order valence-corrected chi connectivity index (χ1v) is 5.83. The second-order valence-electron chi connectivity index (χ2n) is 3.31. The first kappa shape index (κ1) is 11.5. The highest BCUT2D eigenvalue weighted by molar-refractivity contribution is 7.16. The number of amides is 1. The van der Waals surface area contributed by atoms with E-state index in [0.29, 0.717) is 11.7 Å². The minimum Gasteiger partial charge on any atom is -0.374 e. The Morgan fingerprint density at radius 3 is 3.00 bits per heavy atom. The van der Waals surface area contributed by atoms with E-state index in [0.717, 1.165) is 23.3 Å². The Kier molecular flexibility index (Phi) is 3.61. The minimum absolute atomic E-state index is 0.247. The number of pyridine rings is 1. The molecule has 7 heteroatoms. The van der Waals surface area contributed by atoms with Crippen LogP contribution < -0.4 is 11.1 Å². The van der Waals surface area contributed by atoms with Gasteiger partial charge in [-0.05, 0) is 18.1 Å². The van der Waals surface area contributed by atoms with Crippen molar-refractivity contribution < 1.29 is 4.79 Å². The molecule has 0 aliphatic rings. The molecule has 1 amide bonds. The molecule has 0 fully saturated rings. The number of nitrogens with two attached hydrogens (primary N) is 1. The molecule has 0 saturated carbocycles. The van der Waals surface area contributed by atoms with Gasteiger partial charge in [0.2, 0.25) is 10.1 Å². The molecule has 0 aliphatic carbocycles. The van der Waals surface area contributed by atoms with Crippen molar-refractivity contribution in [3.05, 3.63) is 35.1 Å². The molecule has 0 saturated heterocycles. The predicted molar refractivity (Wildman–Crippen MR) is 64.6 cm³/mol. The number of rotatable bonds is 4. The van der Waals surface area contributed by atoms with Crippen molar-refractivity contribution >= 4 is 22.4 Å². The molecule has 0 aromatic carbocycles. The maximum absolute atomic E-state index is 11.6. The highest BCUT2D eigenvalue weighted by atomic mass is 32.1. The van der Waals surface area contributed by atoms with Gasteiger partial charge in [-0.1, -0.05) is 17.4 Å². The molecular formula is C10H11N5OS. The smallest absolute Gasteiger partial charge is 0.282 e. The van der Waals surface area contributed by atoms with Crippen LogP contribution in [0.1, 0.15) is 15.4 Å². The quantitative estimate of drug-likeness (QED) is 0.822. The van der Waals surface area contributed by atoms with E-state index < -0.39 is 0 Å². The number of anilines is 1. The number of nitrogen functional groups attached to an aromatic ring is 1. The van der Waals surface area contributed by atoms with Gasteiger partial charge in [0, 0.05) is 18.9 Å². The van der Waals surface area contributed by atoms with Gasteiger partial charge in [0.1, 0.15) is 0 Å². The normalized spacial score (nSPS) is 10.1. The molecule has 88 valence electrons. The number of nitrogens with one attached hydrogen (secondary N) is 1. The van der Waals surface area contributed by atoms with E-state index in [1.807, 2.05) is 12.1 Å². The number of aromatic nitrogens is 3. The molecule has 6 nitrogen and oxygen atoms in total. The number of carbonyl (C=O) groups excluding carboxylic acids is 1. The van der Waals surface area contributed by atoms with Crippen LogP contribution in [0.3, 0.4) is 0 Å². The molecule has 3 N–H and O–H groups in total. The fraction of sp³-hybridized carbons (Fsp3) is 0.200. The third-order valence-corrected chi connectivity index (χ3v) is 2.81. The van der Waals surface area contributed by atoms with Crippen LogP contribution in [0, 0.1) is 0 Å². The number of hydrogen-bond donors (Lipinski definition) is 2. The molecule has 0 aliphatic heterocycles. The Bertz CT molecular complexity index is 498. The standard InChI is InChI=1S/C10H11N5OS/c11-10-15-14-9(17-10)8(16)13-5-3-7-2-1-4-12-6-7/h1-2,4,6H,3,5H2,(H2,11,15)(H,13,16). The summed E-state index contributed by atoms with van der Waals surface area (Å²) >= 11 is 1.07. The summed E-state index contributed by atoms with van der Waals surface area (Å²) in [6.07, 6.45) is 4.22. The van der Waals surface area contributed by atoms with Gasteiger partial charge >= 0.3 is 0 Å². The lowest BCUT2D eigenvalue weighted by molar-refractivity contribution is 0.0953. The van der Waals surface area contributed by atoms with Gasteiger partial charge in [0.15, 0.2) is 0 Å². The Hall–Kier alpha value is -2.02. The maximum Gasteiger partial charge on any atom is 0.282 e. The largest absolute Gasteiger partial charge is 0.374 e. The molecular weight excluding hydrogens is 238 g/mol. The minimum atomic E-state index is -0.247. The third-order valence-electron chi connectivity index (χ3n) is 2.06. The van der Waals surface area contributed by atoms with Crippen LogP contribution in [-0.4, -0.2) is 27.6 Å². The van der Waals surface area contributed by atoms with Crippen molar-refractivity contribution in [2.75, 3.05) is 12.3 Å². The second-order valence-corrected chi connectivity index (χ2v) is 4.32. The predicted octanol–water partition coefficient (Wildman–Crippen LogP) is 0.488. The summed E-state index contributed by atoms with van der Waals surface area (Å²) in [7, 11) is 0. The number of carbonyl (C=O) groups is 1. The summed E-state index contributed by atoms with van der Waals surface area (Å²) in [6, 6.07) is 3.82. The average molecular weight is 249 g/mol. The van der Waals surface area contributed by atoms with E-state index in [-0.39, 0.29) is 10.9 Å². The lowest BCUT2D eigenvalue weighted by atomic mass is 10.2. The van der Waals surface area contributed by atoms with Gasteiger partial charge in [0.25, 0.3) is 5.91 Å². The van der Waals surface area contributed by atoms with Crippen LogP contribution >= 0.6 is 11.3 Å². The van der Waals surface area contributed by atoms with Gasteiger partial charge < -0.3 is 11.1 Å². The van der Waals surface area contributed by atoms with Crippen LogP contribution in [0.25, 0.3) is 0 Å². The fourth-order valence-corrected chi connectivity index (χ4v) is 1.79. The summed E-state index contributed by atoms with van der Waals surface area (Å²) in [5.74, 6) is -0.247. The molecule has 0 unspecified atom stereocenters. The summed E-state index contributed by atoms with van der Waals surface area (Å²) in [5, 5.41) is 10.6. The van der Waals surface area contributed by atoms with Crippen molar-refractivity contribution in [1.82, 2.24) is 20.5 Å². The molecule has 2 heterocycles. The zero-order valence-corrected chi connectivity index (χ0v) is 9.78. The highest BCUT2D eigenvalue weighted by Gasteiger charge is 2.10. The number of hydrogen-bond acceptors (Lipinski definition) is 6. The Morgan fingerprint density at radius 2 is 2.35 bits per heavy atom. The fourth-order valence-electron chi connectivity index (χ4n) is 1.27. The van der Waals surface area contributed by atoms with E-state index in [1.54, 1.807) is 12.4 Å². The average Bonchev–Trinajstić information content (AvgIpc) is 2.77. The Morgan fingerprint density at radius 1 is 1.47 bits per heavy atom. The zero-order valence-electron chi connectivity index (χ0n) is 8.96. The summed E-state index contributed by atoms with van der Waals surface area (Å²) in [5.41, 5.74) is 6.47. The van der Waals surface area contributed by atoms with Crippen molar-refractivity contribution in [3.63, 3.8) is 0 Å². The lowest BCUT2D eigenvalue weighted by Gasteiger charge is -2.02. The summed E-state index contributed by atoms with van der Waals surface area (Å²) < 4.78 is 0. The van der Waals surface area contributed by atoms with Gasteiger partial charge in [0.05, 0.1) is 0 Å². The maximum atomic E-state index is 11.6. The molecule has 2 aromatic heterocycles. The monoisotopic (exact) mass is 249 g/mol. The van der Waals surface area contributed by atoms with Crippen molar-refractivity contribution in [1.29, 1.82) is 0 Å². The topological polar surface area (TPSA) is 93.8 Å². The number of nitrogens with zero attached hydrogens (tertiary/aromatic N) is 3. The summed E-state index contributed by atoms with van der Waals surface area (Å²) in [6.45, 7) is 0.532. The molecule has 0 radical (unpaired) electrons. The molecule has 0 atom stereocenters. The molecule has 17 heavy (non-hydrogen) atoms. The first-order valence-electron chi connectivity index (χ1n) is 5.02. The van der Waals surface area contributed by atoms with Crippen LogP contribution in [0.15, 0.2) is 24.5 Å². The van der Waals surface area contributed by atoms with E-state index in [2.05, 4.69) is 20.5 Å². The van der Waals surface area contributed by atoms with Gasteiger partial charge in [-0.15, -0.1) is 10.2 Å². The summed E-state index contributed by atoms with van der Waals surface area (Å²) in [4.78, 5) is 15.6. The van der Waals surface area contributed by atoms with Crippen LogP contribution in [0.4, 0.5) is 5.13 Å². The van der Waals surface area contributed by atoms with E-state index in [9.17, 15) is 4.79 Å². The van der Waals surface area contributed by atoms with Gasteiger partial charge in [-0.25, -0.2) is 0 Å². The first-order chi connectivity index (χ1) is 8.25. The van der Waals surface area contributed by atoms with Crippen molar-refractivity contribution in [2.24, 2.45) is 0 Å². The van der Waals surface area contributed by atoms with Crippen LogP contribution in [0.2, 0.25) is 0 Å². The highest BCUT2D eigenvalue weighted by Crippen LogP contribution is 2.10. The van der Waals surface area contributed by atoms with E-state index in [1.165, 1.54) is 0 Å². The van der Waals surface area contributed by atoms with Gasteiger partial charge in [-0.3, -0.25) is 9.78 Å². The third kappa shape index (κ3) is 3.22. The SMILES string of the molecule is Nc1nnc(C(=O)NCCc2cccnc2)s1. The molecule has 2 aromatic rings. The second kappa shape index (κ2) is 5.35.